The Morgan fingerprint density at radius 2 is 2.12 bits per heavy atom. The van der Waals surface area contributed by atoms with Gasteiger partial charge in [-0.2, -0.15) is 5.10 Å². The molecule has 0 unspecified atom stereocenters. The SMILES string of the molecule is Cc1cn2c(n1)CC[C@H](NC(=O)[C@H](c1ccccc1)n1cccn1)C2. The van der Waals surface area contributed by atoms with Gasteiger partial charge < -0.3 is 9.88 Å². The van der Waals surface area contributed by atoms with E-state index in [1.807, 2.05) is 49.5 Å². The van der Waals surface area contributed by atoms with Crippen molar-refractivity contribution in [1.29, 1.82) is 0 Å². The van der Waals surface area contributed by atoms with Gasteiger partial charge in [-0.25, -0.2) is 4.98 Å². The van der Waals surface area contributed by atoms with Crippen LogP contribution in [0.4, 0.5) is 0 Å². The van der Waals surface area contributed by atoms with Crippen LogP contribution >= 0.6 is 0 Å². The highest BCUT2D eigenvalue weighted by Crippen LogP contribution is 2.20. The lowest BCUT2D eigenvalue weighted by Crippen LogP contribution is -2.44. The summed E-state index contributed by atoms with van der Waals surface area (Å²) in [5, 5.41) is 7.49. The lowest BCUT2D eigenvalue weighted by molar-refractivity contribution is -0.124. The summed E-state index contributed by atoms with van der Waals surface area (Å²) in [6.45, 7) is 2.77. The van der Waals surface area contributed by atoms with E-state index in [4.69, 9.17) is 0 Å². The maximum absolute atomic E-state index is 13.0. The molecule has 3 heterocycles. The van der Waals surface area contributed by atoms with Crippen LogP contribution in [0.3, 0.4) is 0 Å². The molecule has 4 rings (SSSR count). The van der Waals surface area contributed by atoms with Crippen LogP contribution in [0.25, 0.3) is 0 Å². The molecule has 25 heavy (non-hydrogen) atoms. The number of hydrogen-bond acceptors (Lipinski definition) is 3. The Morgan fingerprint density at radius 1 is 1.28 bits per heavy atom. The van der Waals surface area contributed by atoms with Crippen LogP contribution in [0.2, 0.25) is 0 Å². The first-order valence-corrected chi connectivity index (χ1v) is 8.58. The largest absolute Gasteiger partial charge is 0.349 e. The molecule has 0 spiro atoms. The van der Waals surface area contributed by atoms with E-state index in [9.17, 15) is 4.79 Å². The molecule has 0 aliphatic carbocycles. The smallest absolute Gasteiger partial charge is 0.249 e. The van der Waals surface area contributed by atoms with E-state index >= 15 is 0 Å². The first-order chi connectivity index (χ1) is 12.2. The summed E-state index contributed by atoms with van der Waals surface area (Å²) >= 11 is 0. The molecule has 1 amide bonds. The third kappa shape index (κ3) is 3.20. The molecule has 0 saturated carbocycles. The monoisotopic (exact) mass is 335 g/mol. The Hall–Kier alpha value is -2.89. The molecule has 0 saturated heterocycles. The molecule has 1 N–H and O–H groups in total. The maximum Gasteiger partial charge on any atom is 0.249 e. The number of nitrogens with zero attached hydrogens (tertiary/aromatic N) is 4. The molecule has 0 bridgehead atoms. The zero-order chi connectivity index (χ0) is 17.2. The minimum absolute atomic E-state index is 0.0276. The summed E-state index contributed by atoms with van der Waals surface area (Å²) in [7, 11) is 0. The maximum atomic E-state index is 13.0. The van der Waals surface area contributed by atoms with Crippen LogP contribution in [0.5, 0.6) is 0 Å². The lowest BCUT2D eigenvalue weighted by atomic mass is 10.0. The first-order valence-electron chi connectivity index (χ1n) is 8.58. The fourth-order valence-corrected chi connectivity index (χ4v) is 3.48. The Kier molecular flexibility index (Phi) is 4.09. The fourth-order valence-electron chi connectivity index (χ4n) is 3.48. The number of rotatable bonds is 4. The molecule has 3 aromatic rings. The molecular formula is C19H21N5O. The molecule has 6 nitrogen and oxygen atoms in total. The van der Waals surface area contributed by atoms with Crippen molar-refractivity contribution in [3.05, 3.63) is 72.1 Å². The van der Waals surface area contributed by atoms with Gasteiger partial charge in [0.15, 0.2) is 6.04 Å². The number of amides is 1. The number of carbonyl (C=O) groups is 1. The second-order valence-corrected chi connectivity index (χ2v) is 6.49. The molecule has 0 fully saturated rings. The highest BCUT2D eigenvalue weighted by atomic mass is 16.2. The average Bonchev–Trinajstić information content (AvgIpc) is 3.24. The van der Waals surface area contributed by atoms with Gasteiger partial charge in [0.2, 0.25) is 5.91 Å². The van der Waals surface area contributed by atoms with Crippen LogP contribution in [0.1, 0.15) is 29.5 Å². The number of aryl methyl sites for hydroxylation is 2. The Balaban J connectivity index is 1.54. The molecular weight excluding hydrogens is 314 g/mol. The highest BCUT2D eigenvalue weighted by molar-refractivity contribution is 5.83. The van der Waals surface area contributed by atoms with Crippen molar-refractivity contribution in [2.24, 2.45) is 0 Å². The van der Waals surface area contributed by atoms with Crippen molar-refractivity contribution < 1.29 is 4.79 Å². The third-order valence-corrected chi connectivity index (χ3v) is 4.61. The third-order valence-electron chi connectivity index (χ3n) is 4.61. The summed E-state index contributed by atoms with van der Waals surface area (Å²) in [4.78, 5) is 17.6. The topological polar surface area (TPSA) is 64.7 Å². The molecule has 1 aliphatic rings. The quantitative estimate of drug-likeness (QED) is 0.794. The standard InChI is InChI=1S/C19H21N5O/c1-14-12-23-13-16(8-9-17(23)21-14)22-19(25)18(24-11-5-10-20-24)15-6-3-2-4-7-15/h2-7,10-12,16,18H,8-9,13H2,1H3,(H,22,25)/t16-,18-/m0/s1. The van der Waals surface area contributed by atoms with Gasteiger partial charge in [0, 0.05) is 37.6 Å². The zero-order valence-electron chi connectivity index (χ0n) is 14.2. The van der Waals surface area contributed by atoms with E-state index in [1.54, 1.807) is 10.9 Å². The lowest BCUT2D eigenvalue weighted by Gasteiger charge is -2.27. The predicted molar refractivity (Wildman–Crippen MR) is 94.0 cm³/mol. The van der Waals surface area contributed by atoms with Crippen LogP contribution in [0, 0.1) is 6.92 Å². The summed E-state index contributed by atoms with van der Waals surface area (Å²) in [5.74, 6) is 1.08. The van der Waals surface area contributed by atoms with E-state index in [0.717, 1.165) is 36.5 Å². The summed E-state index contributed by atoms with van der Waals surface area (Å²) in [6.07, 6.45) is 7.37. The molecule has 0 radical (unpaired) electrons. The predicted octanol–water partition coefficient (Wildman–Crippen LogP) is 2.11. The minimum Gasteiger partial charge on any atom is -0.349 e. The minimum atomic E-state index is -0.456. The van der Waals surface area contributed by atoms with Crippen molar-refractivity contribution >= 4 is 5.91 Å². The van der Waals surface area contributed by atoms with Gasteiger partial charge in [-0.3, -0.25) is 9.48 Å². The number of hydrogen-bond donors (Lipinski definition) is 1. The van der Waals surface area contributed by atoms with Crippen molar-refractivity contribution in [2.45, 2.75) is 38.4 Å². The fraction of sp³-hybridized carbons (Fsp3) is 0.316. The van der Waals surface area contributed by atoms with Gasteiger partial charge in [0.1, 0.15) is 5.82 Å². The van der Waals surface area contributed by atoms with Gasteiger partial charge in [0.25, 0.3) is 0 Å². The van der Waals surface area contributed by atoms with Gasteiger partial charge in [-0.15, -0.1) is 0 Å². The molecule has 2 atom stereocenters. The molecule has 1 aromatic carbocycles. The van der Waals surface area contributed by atoms with Crippen LogP contribution in [-0.4, -0.2) is 31.3 Å². The Morgan fingerprint density at radius 3 is 2.88 bits per heavy atom. The number of imidazole rings is 1. The van der Waals surface area contributed by atoms with Crippen LogP contribution in [-0.2, 0) is 17.8 Å². The van der Waals surface area contributed by atoms with Gasteiger partial charge in [0.05, 0.1) is 5.69 Å². The second kappa shape index (κ2) is 6.55. The summed E-state index contributed by atoms with van der Waals surface area (Å²) in [6, 6.07) is 11.3. The Labute approximate surface area is 146 Å². The van der Waals surface area contributed by atoms with E-state index in [0.29, 0.717) is 0 Å². The number of carbonyl (C=O) groups excluding carboxylic acids is 1. The molecule has 128 valence electrons. The van der Waals surface area contributed by atoms with E-state index in [1.165, 1.54) is 0 Å². The molecule has 1 aliphatic heterocycles. The van der Waals surface area contributed by atoms with E-state index < -0.39 is 6.04 Å². The van der Waals surface area contributed by atoms with E-state index in [-0.39, 0.29) is 11.9 Å². The first kappa shape index (κ1) is 15.6. The number of benzene rings is 1. The number of nitrogens with one attached hydrogen (secondary N) is 1. The zero-order valence-corrected chi connectivity index (χ0v) is 14.2. The highest BCUT2D eigenvalue weighted by Gasteiger charge is 2.27. The number of fused-ring (bicyclic) bond motifs is 1. The van der Waals surface area contributed by atoms with Gasteiger partial charge in [-0.1, -0.05) is 30.3 Å². The summed E-state index contributed by atoms with van der Waals surface area (Å²) < 4.78 is 3.86. The van der Waals surface area contributed by atoms with Gasteiger partial charge in [-0.05, 0) is 25.0 Å². The van der Waals surface area contributed by atoms with Crippen molar-refractivity contribution in [2.75, 3.05) is 0 Å². The normalized spacial score (nSPS) is 17.7. The average molecular weight is 335 g/mol. The molecule has 2 aromatic heterocycles. The number of aromatic nitrogens is 4. The van der Waals surface area contributed by atoms with Crippen molar-refractivity contribution in [3.63, 3.8) is 0 Å². The second-order valence-electron chi connectivity index (χ2n) is 6.49. The summed E-state index contributed by atoms with van der Waals surface area (Å²) in [5.41, 5.74) is 1.96. The van der Waals surface area contributed by atoms with Gasteiger partial charge >= 0.3 is 0 Å². The van der Waals surface area contributed by atoms with E-state index in [2.05, 4.69) is 26.2 Å². The van der Waals surface area contributed by atoms with Crippen LogP contribution < -0.4 is 5.32 Å². The van der Waals surface area contributed by atoms with Crippen molar-refractivity contribution in [1.82, 2.24) is 24.6 Å². The Bertz CT molecular complexity index is 853. The molecule has 6 heteroatoms. The van der Waals surface area contributed by atoms with Crippen LogP contribution in [0.15, 0.2) is 55.0 Å². The van der Waals surface area contributed by atoms with Crippen molar-refractivity contribution in [3.8, 4) is 0 Å².